The molecule has 0 saturated carbocycles. The molecule has 6 nitrogen and oxygen atoms in total. The Morgan fingerprint density at radius 1 is 0.903 bits per heavy atom. The quantitative estimate of drug-likeness (QED) is 0.705. The average molecular weight is 460 g/mol. The number of aryl methyl sites for hydroxylation is 2. The van der Waals surface area contributed by atoms with E-state index in [1.807, 2.05) is 17.0 Å². The van der Waals surface area contributed by atoms with Crippen LogP contribution in [0.15, 0.2) is 34.5 Å². The molecule has 0 atom stereocenters. The summed E-state index contributed by atoms with van der Waals surface area (Å²) < 4.78 is 27.9. The number of piperazine rings is 1. The first-order valence-electron chi connectivity index (χ1n) is 11.2. The number of hydrogen-bond donors (Lipinski definition) is 0. The Labute approximate surface area is 188 Å². The summed E-state index contributed by atoms with van der Waals surface area (Å²) in [5, 5.41) is 2.12. The molecule has 3 heterocycles. The minimum absolute atomic E-state index is 0.101. The van der Waals surface area contributed by atoms with E-state index < -0.39 is 10.0 Å². The lowest BCUT2D eigenvalue weighted by Gasteiger charge is -2.36. The third-order valence-corrected chi connectivity index (χ3v) is 9.71. The molecule has 0 spiro atoms. The zero-order valence-electron chi connectivity index (χ0n) is 17.8. The number of benzene rings is 1. The molecular formula is C23H29N3O3S2. The fraction of sp³-hybridized carbons (Fsp3) is 0.522. The van der Waals surface area contributed by atoms with Gasteiger partial charge in [-0.25, -0.2) is 8.42 Å². The topological polar surface area (TPSA) is 60.9 Å². The second-order valence-corrected chi connectivity index (χ2v) is 11.7. The van der Waals surface area contributed by atoms with Gasteiger partial charge in [-0.1, -0.05) is 6.07 Å². The predicted molar refractivity (Wildman–Crippen MR) is 122 cm³/mol. The first-order chi connectivity index (χ1) is 15.0. The Kier molecular flexibility index (Phi) is 5.90. The molecule has 5 rings (SSSR count). The van der Waals surface area contributed by atoms with Crippen LogP contribution in [0.5, 0.6) is 0 Å². The second-order valence-electron chi connectivity index (χ2n) is 8.75. The number of fused-ring (bicyclic) bond motifs is 2. The van der Waals surface area contributed by atoms with E-state index in [9.17, 15) is 13.2 Å². The number of thiophene rings is 1. The highest BCUT2D eigenvalue weighted by atomic mass is 32.2. The maximum absolute atomic E-state index is 13.2. The molecule has 1 aromatic heterocycles. The van der Waals surface area contributed by atoms with Gasteiger partial charge < -0.3 is 4.90 Å². The molecule has 2 aromatic rings. The molecule has 0 unspecified atom stereocenters. The van der Waals surface area contributed by atoms with Crippen molar-refractivity contribution in [1.82, 2.24) is 14.1 Å². The van der Waals surface area contributed by atoms with Crippen molar-refractivity contribution in [2.45, 2.75) is 43.5 Å². The van der Waals surface area contributed by atoms with Crippen LogP contribution < -0.4 is 0 Å². The Morgan fingerprint density at radius 2 is 1.68 bits per heavy atom. The van der Waals surface area contributed by atoms with Crippen LogP contribution in [-0.2, 0) is 40.6 Å². The van der Waals surface area contributed by atoms with Gasteiger partial charge in [0.25, 0.3) is 0 Å². The summed E-state index contributed by atoms with van der Waals surface area (Å²) in [7, 11) is -3.51. The fourth-order valence-corrected chi connectivity index (χ4v) is 7.29. The molecule has 1 fully saturated rings. The number of hydrogen-bond acceptors (Lipinski definition) is 5. The molecule has 3 aliphatic rings. The van der Waals surface area contributed by atoms with E-state index in [1.54, 1.807) is 21.7 Å². The summed E-state index contributed by atoms with van der Waals surface area (Å²) in [4.78, 5) is 18.7. The third kappa shape index (κ3) is 4.31. The van der Waals surface area contributed by atoms with Crippen LogP contribution in [0.25, 0.3) is 0 Å². The van der Waals surface area contributed by atoms with E-state index in [4.69, 9.17) is 0 Å². The van der Waals surface area contributed by atoms with Crippen molar-refractivity contribution in [3.8, 4) is 0 Å². The van der Waals surface area contributed by atoms with E-state index in [2.05, 4.69) is 16.3 Å². The number of rotatable bonds is 4. The Morgan fingerprint density at radius 3 is 2.48 bits per heavy atom. The lowest BCUT2D eigenvalue weighted by atomic mass is 9.92. The minimum atomic E-state index is -3.51. The summed E-state index contributed by atoms with van der Waals surface area (Å²) in [6.45, 7) is 3.79. The molecule has 0 radical (unpaired) electrons. The molecule has 1 aromatic carbocycles. The van der Waals surface area contributed by atoms with Crippen molar-refractivity contribution in [2.24, 2.45) is 0 Å². The highest BCUT2D eigenvalue weighted by Crippen LogP contribution is 2.27. The molecule has 31 heavy (non-hydrogen) atoms. The van der Waals surface area contributed by atoms with Crippen molar-refractivity contribution in [2.75, 3.05) is 39.3 Å². The Balaban J connectivity index is 1.18. The predicted octanol–water partition coefficient (Wildman–Crippen LogP) is 2.52. The Hall–Kier alpha value is -1.74. The number of carbonyl (C=O) groups excluding carboxylic acids is 1. The van der Waals surface area contributed by atoms with Crippen LogP contribution >= 0.6 is 11.3 Å². The standard InChI is InChI=1S/C23H29N3O3S2/c27-23(17-24-9-7-22-20(16-24)8-14-30-22)25-10-12-26(13-11-25)31(28,29)21-6-5-18-3-1-2-4-19(18)15-21/h5-6,8,14-15H,1-4,7,9-13,16-17H2. The summed E-state index contributed by atoms with van der Waals surface area (Å²) in [6.07, 6.45) is 5.32. The van der Waals surface area contributed by atoms with Gasteiger partial charge in [-0.15, -0.1) is 11.3 Å². The molecule has 0 N–H and O–H groups in total. The van der Waals surface area contributed by atoms with Crippen LogP contribution in [0.3, 0.4) is 0 Å². The molecular weight excluding hydrogens is 430 g/mol. The molecule has 166 valence electrons. The molecule has 8 heteroatoms. The fourth-order valence-electron chi connectivity index (χ4n) is 4.93. The first kappa shape index (κ1) is 21.1. The third-order valence-electron chi connectivity index (χ3n) is 6.79. The van der Waals surface area contributed by atoms with Crippen molar-refractivity contribution in [3.05, 3.63) is 51.2 Å². The van der Waals surface area contributed by atoms with Crippen LogP contribution in [0, 0.1) is 0 Å². The number of carbonyl (C=O) groups is 1. The summed E-state index contributed by atoms with van der Waals surface area (Å²) in [5.74, 6) is 0.101. The molecule has 1 amide bonds. The Bertz CT molecular complexity index is 1070. The van der Waals surface area contributed by atoms with Crippen molar-refractivity contribution in [1.29, 1.82) is 0 Å². The summed E-state index contributed by atoms with van der Waals surface area (Å²) >= 11 is 1.80. The van der Waals surface area contributed by atoms with Crippen molar-refractivity contribution in [3.63, 3.8) is 0 Å². The lowest BCUT2D eigenvalue weighted by molar-refractivity contribution is -0.133. The first-order valence-corrected chi connectivity index (χ1v) is 13.5. The smallest absolute Gasteiger partial charge is 0.243 e. The van der Waals surface area contributed by atoms with Crippen LogP contribution in [0.4, 0.5) is 0 Å². The van der Waals surface area contributed by atoms with E-state index in [1.165, 1.54) is 28.0 Å². The van der Waals surface area contributed by atoms with E-state index >= 15 is 0 Å². The SMILES string of the molecule is O=C(CN1CCc2sccc2C1)N1CCN(S(=O)(=O)c2ccc3c(c2)CCCC3)CC1. The van der Waals surface area contributed by atoms with E-state index in [-0.39, 0.29) is 5.91 Å². The largest absolute Gasteiger partial charge is 0.339 e. The van der Waals surface area contributed by atoms with Crippen LogP contribution in [0.2, 0.25) is 0 Å². The van der Waals surface area contributed by atoms with E-state index in [0.29, 0.717) is 37.6 Å². The van der Waals surface area contributed by atoms with Gasteiger partial charge in [0.05, 0.1) is 11.4 Å². The van der Waals surface area contributed by atoms with Gasteiger partial charge in [-0.05, 0) is 72.4 Å². The number of nitrogens with zero attached hydrogens (tertiary/aromatic N) is 3. The maximum Gasteiger partial charge on any atom is 0.243 e. The highest BCUT2D eigenvalue weighted by Gasteiger charge is 2.31. The van der Waals surface area contributed by atoms with Gasteiger partial charge in [0.15, 0.2) is 0 Å². The van der Waals surface area contributed by atoms with Crippen LogP contribution in [-0.4, -0.2) is 67.7 Å². The van der Waals surface area contributed by atoms with Gasteiger partial charge >= 0.3 is 0 Å². The highest BCUT2D eigenvalue weighted by molar-refractivity contribution is 7.89. The summed E-state index contributed by atoms with van der Waals surface area (Å²) in [6, 6.07) is 7.77. The van der Waals surface area contributed by atoms with Gasteiger partial charge in [0.2, 0.25) is 15.9 Å². The zero-order valence-corrected chi connectivity index (χ0v) is 19.4. The number of amides is 1. The zero-order chi connectivity index (χ0) is 21.4. The van der Waals surface area contributed by atoms with Gasteiger partial charge in [-0.2, -0.15) is 4.31 Å². The summed E-state index contributed by atoms with van der Waals surface area (Å²) in [5.41, 5.74) is 3.80. The number of sulfonamides is 1. The average Bonchev–Trinajstić information content (AvgIpc) is 3.27. The molecule has 2 aliphatic heterocycles. The van der Waals surface area contributed by atoms with Crippen LogP contribution in [0.1, 0.15) is 34.4 Å². The maximum atomic E-state index is 13.2. The second kappa shape index (κ2) is 8.65. The molecule has 1 aliphatic carbocycles. The lowest BCUT2D eigenvalue weighted by Crippen LogP contribution is -2.52. The van der Waals surface area contributed by atoms with Crippen molar-refractivity contribution < 1.29 is 13.2 Å². The van der Waals surface area contributed by atoms with E-state index in [0.717, 1.165) is 38.8 Å². The minimum Gasteiger partial charge on any atom is -0.339 e. The van der Waals surface area contributed by atoms with Crippen molar-refractivity contribution >= 4 is 27.3 Å². The monoisotopic (exact) mass is 459 g/mol. The molecule has 1 saturated heterocycles. The molecule has 0 bridgehead atoms. The van der Waals surface area contributed by atoms with Gasteiger partial charge in [-0.3, -0.25) is 9.69 Å². The van der Waals surface area contributed by atoms with Gasteiger partial charge in [0, 0.05) is 44.1 Å². The van der Waals surface area contributed by atoms with Gasteiger partial charge in [0.1, 0.15) is 0 Å². The normalized spacial score (nSPS) is 20.3.